The second-order valence-corrected chi connectivity index (χ2v) is 7.22. The highest BCUT2D eigenvalue weighted by atomic mass is 79.9. The lowest BCUT2D eigenvalue weighted by molar-refractivity contribution is -0.122. The van der Waals surface area contributed by atoms with Crippen molar-refractivity contribution in [3.8, 4) is 0 Å². The molecule has 2 amide bonds. The molecule has 2 heterocycles. The number of halogens is 1. The number of hydrogen-bond acceptors (Lipinski definition) is 3. The van der Waals surface area contributed by atoms with Crippen LogP contribution in [0.4, 0.5) is 11.4 Å². The van der Waals surface area contributed by atoms with Crippen molar-refractivity contribution in [2.45, 2.75) is 4.87 Å². The van der Waals surface area contributed by atoms with E-state index in [1.54, 1.807) is 4.90 Å². The van der Waals surface area contributed by atoms with Crippen LogP contribution in [0.1, 0.15) is 5.56 Å². The van der Waals surface area contributed by atoms with Crippen LogP contribution in [-0.4, -0.2) is 17.6 Å². The Morgan fingerprint density at radius 2 is 1.82 bits per heavy atom. The van der Waals surface area contributed by atoms with Crippen molar-refractivity contribution in [1.82, 2.24) is 0 Å². The third-order valence-corrected chi connectivity index (χ3v) is 5.83. The van der Waals surface area contributed by atoms with Gasteiger partial charge in [0.2, 0.25) is 10.8 Å². The molecule has 110 valence electrons. The normalized spacial score (nSPS) is 23.0. The summed E-state index contributed by atoms with van der Waals surface area (Å²) in [6.45, 7) is 0. The summed E-state index contributed by atoms with van der Waals surface area (Å²) in [5.41, 5.74) is 2.35. The molecule has 0 radical (unpaired) electrons. The molecule has 1 spiro atoms. The summed E-state index contributed by atoms with van der Waals surface area (Å²) in [6.07, 6.45) is 0. The molecular formula is C16H11BrN2O2S. The van der Waals surface area contributed by atoms with Gasteiger partial charge in [-0.3, -0.25) is 14.5 Å². The van der Waals surface area contributed by atoms with Crippen LogP contribution in [0.2, 0.25) is 0 Å². The second-order valence-electron chi connectivity index (χ2n) is 5.14. The molecule has 1 N–H and O–H groups in total. The average Bonchev–Trinajstić information content (AvgIpc) is 3.00. The van der Waals surface area contributed by atoms with E-state index in [1.807, 2.05) is 48.5 Å². The molecule has 4 rings (SSSR count). The Morgan fingerprint density at radius 1 is 1.09 bits per heavy atom. The molecule has 1 saturated heterocycles. The standard InChI is InChI=1S/C16H11BrN2O2S/c17-10-5-7-11(8-6-10)19-14(20)9-22-16(19)12-3-1-2-4-13(12)18-15(16)21/h1-8H,9H2,(H,18,21)/t16-/m0/s1. The van der Waals surface area contributed by atoms with Gasteiger partial charge in [-0.2, -0.15) is 0 Å². The molecule has 0 aromatic heterocycles. The van der Waals surface area contributed by atoms with Gasteiger partial charge in [-0.1, -0.05) is 34.1 Å². The molecule has 0 saturated carbocycles. The monoisotopic (exact) mass is 374 g/mol. The Balaban J connectivity index is 1.92. The summed E-state index contributed by atoms with van der Waals surface area (Å²) < 4.78 is 0.931. The lowest BCUT2D eigenvalue weighted by Crippen LogP contribution is -2.47. The first-order valence-electron chi connectivity index (χ1n) is 6.76. The molecule has 4 nitrogen and oxygen atoms in total. The Kier molecular flexibility index (Phi) is 3.06. The van der Waals surface area contributed by atoms with Crippen LogP contribution >= 0.6 is 27.7 Å². The number of fused-ring (bicyclic) bond motifs is 2. The summed E-state index contributed by atoms with van der Waals surface area (Å²) in [7, 11) is 0. The summed E-state index contributed by atoms with van der Waals surface area (Å²) in [5.74, 6) is 0.0734. The van der Waals surface area contributed by atoms with Crippen molar-refractivity contribution in [3.63, 3.8) is 0 Å². The van der Waals surface area contributed by atoms with Gasteiger partial charge in [0.25, 0.3) is 5.91 Å². The number of amides is 2. The van der Waals surface area contributed by atoms with Crippen LogP contribution in [0.15, 0.2) is 53.0 Å². The van der Waals surface area contributed by atoms with E-state index in [1.165, 1.54) is 11.8 Å². The number of benzene rings is 2. The predicted octanol–water partition coefficient (Wildman–Crippen LogP) is 3.33. The van der Waals surface area contributed by atoms with E-state index in [0.29, 0.717) is 0 Å². The van der Waals surface area contributed by atoms with Crippen molar-refractivity contribution in [2.24, 2.45) is 0 Å². The lowest BCUT2D eigenvalue weighted by Gasteiger charge is -2.32. The highest BCUT2D eigenvalue weighted by Gasteiger charge is 2.58. The topological polar surface area (TPSA) is 49.4 Å². The molecule has 2 aromatic rings. The summed E-state index contributed by atoms with van der Waals surface area (Å²) in [6, 6.07) is 15.0. The number of hydrogen-bond donors (Lipinski definition) is 1. The Bertz CT molecular complexity index is 793. The highest BCUT2D eigenvalue weighted by molar-refractivity contribution is 9.10. The third kappa shape index (κ3) is 1.77. The molecule has 0 unspecified atom stereocenters. The first kappa shape index (κ1) is 13.8. The van der Waals surface area contributed by atoms with Crippen molar-refractivity contribution in [1.29, 1.82) is 0 Å². The number of para-hydroxylation sites is 1. The fourth-order valence-electron chi connectivity index (χ4n) is 2.97. The molecule has 1 fully saturated rings. The van der Waals surface area contributed by atoms with Crippen LogP contribution in [0, 0.1) is 0 Å². The first-order chi connectivity index (χ1) is 10.6. The van der Waals surface area contributed by atoms with E-state index >= 15 is 0 Å². The molecular weight excluding hydrogens is 364 g/mol. The van der Waals surface area contributed by atoms with E-state index < -0.39 is 4.87 Å². The van der Waals surface area contributed by atoms with E-state index in [9.17, 15) is 9.59 Å². The highest BCUT2D eigenvalue weighted by Crippen LogP contribution is 2.53. The van der Waals surface area contributed by atoms with Gasteiger partial charge < -0.3 is 5.32 Å². The smallest absolute Gasteiger partial charge is 0.266 e. The fourth-order valence-corrected chi connectivity index (χ4v) is 4.55. The number of thioether (sulfide) groups is 1. The minimum Gasteiger partial charge on any atom is -0.323 e. The summed E-state index contributed by atoms with van der Waals surface area (Å²) >= 11 is 4.76. The second kappa shape index (κ2) is 4.86. The van der Waals surface area contributed by atoms with Crippen molar-refractivity contribution in [3.05, 3.63) is 58.6 Å². The zero-order valence-electron chi connectivity index (χ0n) is 11.4. The maximum absolute atomic E-state index is 12.7. The van der Waals surface area contributed by atoms with Gasteiger partial charge in [-0.15, -0.1) is 11.8 Å². The molecule has 22 heavy (non-hydrogen) atoms. The van der Waals surface area contributed by atoms with Gasteiger partial charge in [0.1, 0.15) is 0 Å². The first-order valence-corrected chi connectivity index (χ1v) is 8.54. The lowest BCUT2D eigenvalue weighted by atomic mass is 10.0. The Hall–Kier alpha value is -1.79. The fraction of sp³-hybridized carbons (Fsp3) is 0.125. The largest absolute Gasteiger partial charge is 0.323 e. The maximum Gasteiger partial charge on any atom is 0.266 e. The van der Waals surface area contributed by atoms with Gasteiger partial charge in [0, 0.05) is 21.4 Å². The SMILES string of the molecule is O=C1CS[C@@]2(C(=O)Nc3ccccc32)N1c1ccc(Br)cc1. The number of anilines is 2. The molecule has 2 aliphatic heterocycles. The molecule has 1 atom stereocenters. The molecule has 2 aliphatic rings. The molecule has 0 bridgehead atoms. The zero-order valence-corrected chi connectivity index (χ0v) is 13.8. The van der Waals surface area contributed by atoms with Gasteiger partial charge in [-0.05, 0) is 30.3 Å². The van der Waals surface area contributed by atoms with Gasteiger partial charge in [-0.25, -0.2) is 0 Å². The van der Waals surface area contributed by atoms with Crippen LogP contribution in [-0.2, 0) is 14.5 Å². The number of carbonyl (C=O) groups excluding carboxylic acids is 2. The third-order valence-electron chi connectivity index (χ3n) is 3.90. The van der Waals surface area contributed by atoms with E-state index in [4.69, 9.17) is 0 Å². The van der Waals surface area contributed by atoms with Crippen molar-refractivity contribution < 1.29 is 9.59 Å². The van der Waals surface area contributed by atoms with Gasteiger partial charge in [0.15, 0.2) is 0 Å². The molecule has 6 heteroatoms. The van der Waals surface area contributed by atoms with Crippen LogP contribution < -0.4 is 10.2 Å². The van der Waals surface area contributed by atoms with E-state index in [0.717, 1.165) is 21.4 Å². The van der Waals surface area contributed by atoms with Crippen LogP contribution in [0.25, 0.3) is 0 Å². The van der Waals surface area contributed by atoms with Gasteiger partial charge in [0.05, 0.1) is 5.75 Å². The Morgan fingerprint density at radius 3 is 2.59 bits per heavy atom. The quantitative estimate of drug-likeness (QED) is 0.832. The molecule has 0 aliphatic carbocycles. The van der Waals surface area contributed by atoms with E-state index in [2.05, 4.69) is 21.2 Å². The Labute approximate surface area is 140 Å². The van der Waals surface area contributed by atoms with E-state index in [-0.39, 0.29) is 17.6 Å². The number of carbonyl (C=O) groups is 2. The van der Waals surface area contributed by atoms with Crippen LogP contribution in [0.5, 0.6) is 0 Å². The van der Waals surface area contributed by atoms with Crippen molar-refractivity contribution in [2.75, 3.05) is 16.0 Å². The summed E-state index contributed by atoms with van der Waals surface area (Å²) in [4.78, 5) is 25.8. The van der Waals surface area contributed by atoms with Gasteiger partial charge >= 0.3 is 0 Å². The number of rotatable bonds is 1. The minimum atomic E-state index is -0.999. The number of nitrogens with one attached hydrogen (secondary N) is 1. The van der Waals surface area contributed by atoms with Crippen LogP contribution in [0.3, 0.4) is 0 Å². The summed E-state index contributed by atoms with van der Waals surface area (Å²) in [5, 5.41) is 2.90. The minimum absolute atomic E-state index is 0.0563. The van der Waals surface area contributed by atoms with Crippen molar-refractivity contribution >= 4 is 50.9 Å². The predicted molar refractivity (Wildman–Crippen MR) is 90.8 cm³/mol. The number of nitrogens with zero attached hydrogens (tertiary/aromatic N) is 1. The average molecular weight is 375 g/mol. The molecule has 2 aromatic carbocycles. The zero-order chi connectivity index (χ0) is 15.3. The maximum atomic E-state index is 12.7.